The molecule has 2 bridgehead atoms. The Kier molecular flexibility index (Phi) is 8.51. The van der Waals surface area contributed by atoms with E-state index >= 15 is 0 Å². The molecule has 0 aliphatic carbocycles. The van der Waals surface area contributed by atoms with Crippen molar-refractivity contribution in [3.63, 3.8) is 0 Å². The number of nitrogens with zero attached hydrogens (tertiary/aromatic N) is 6. The maximum atomic E-state index is 14.2. The van der Waals surface area contributed by atoms with Crippen molar-refractivity contribution < 1.29 is 9.59 Å². The van der Waals surface area contributed by atoms with Gasteiger partial charge in [-0.3, -0.25) is 14.5 Å². The summed E-state index contributed by atoms with van der Waals surface area (Å²) in [6.45, 7) is 8.35. The van der Waals surface area contributed by atoms with E-state index in [0.29, 0.717) is 37.2 Å². The first-order valence-electron chi connectivity index (χ1n) is 15.5. The minimum Gasteiger partial charge on any atom is -0.341 e. The van der Waals surface area contributed by atoms with Crippen LogP contribution in [0.1, 0.15) is 67.4 Å². The van der Waals surface area contributed by atoms with E-state index in [4.69, 9.17) is 0 Å². The third kappa shape index (κ3) is 6.19. The first-order chi connectivity index (χ1) is 20.5. The van der Waals surface area contributed by atoms with Gasteiger partial charge in [0.2, 0.25) is 11.9 Å². The van der Waals surface area contributed by atoms with Gasteiger partial charge in [-0.2, -0.15) is 0 Å². The van der Waals surface area contributed by atoms with E-state index in [0.717, 1.165) is 68.9 Å². The van der Waals surface area contributed by atoms with E-state index in [1.807, 2.05) is 40.1 Å². The Bertz CT molecular complexity index is 1370. The number of hydrogen-bond donors (Lipinski definition) is 0. The summed E-state index contributed by atoms with van der Waals surface area (Å²) in [7, 11) is 0. The van der Waals surface area contributed by atoms with E-state index in [-0.39, 0.29) is 17.9 Å². The molecule has 42 heavy (non-hydrogen) atoms. The quantitative estimate of drug-likeness (QED) is 0.435. The first-order valence-corrected chi connectivity index (χ1v) is 15.5. The van der Waals surface area contributed by atoms with Gasteiger partial charge in [-0.05, 0) is 55.2 Å². The molecule has 2 amide bonds. The molecule has 4 heterocycles. The van der Waals surface area contributed by atoms with Crippen LogP contribution in [0.15, 0.2) is 67.0 Å². The number of aromatic nitrogens is 2. The molecule has 2 atom stereocenters. The highest BCUT2D eigenvalue weighted by Crippen LogP contribution is 2.33. The molecule has 3 aromatic rings. The van der Waals surface area contributed by atoms with Crippen molar-refractivity contribution in [3.8, 4) is 0 Å². The third-order valence-electron chi connectivity index (χ3n) is 9.36. The van der Waals surface area contributed by atoms with Crippen LogP contribution >= 0.6 is 0 Å². The third-order valence-corrected chi connectivity index (χ3v) is 9.36. The Labute approximate surface area is 249 Å². The summed E-state index contributed by atoms with van der Waals surface area (Å²) in [5.41, 5.74) is 3.64. The van der Waals surface area contributed by atoms with Crippen LogP contribution in [0.5, 0.6) is 0 Å². The summed E-state index contributed by atoms with van der Waals surface area (Å²) < 4.78 is 0. The van der Waals surface area contributed by atoms with E-state index in [1.165, 1.54) is 5.56 Å². The number of carbonyl (C=O) groups excluding carboxylic acids is 2. The number of rotatable bonds is 4. The SMILES string of the molecule is CC(=O)N1CC[C@@H]2CC[C@H](CN(C(=O)c3cnc(N4CCC(C)CC4)nc3)Cc3ccccc31)N2Cc1ccccc1. The van der Waals surface area contributed by atoms with Crippen molar-refractivity contribution in [1.82, 2.24) is 19.8 Å². The zero-order valence-electron chi connectivity index (χ0n) is 24.9. The first kappa shape index (κ1) is 28.3. The second-order valence-corrected chi connectivity index (χ2v) is 12.3. The summed E-state index contributed by atoms with van der Waals surface area (Å²) in [4.78, 5) is 45.0. The van der Waals surface area contributed by atoms with Crippen molar-refractivity contribution in [3.05, 3.63) is 83.7 Å². The smallest absolute Gasteiger partial charge is 0.257 e. The van der Waals surface area contributed by atoms with Gasteiger partial charge < -0.3 is 14.7 Å². The van der Waals surface area contributed by atoms with Crippen LogP contribution in [-0.2, 0) is 17.9 Å². The molecule has 2 saturated heterocycles. The molecule has 3 aliphatic heterocycles. The minimum absolute atomic E-state index is 0.0276. The average molecular weight is 567 g/mol. The molecular formula is C34H42N6O2. The molecule has 3 aliphatic rings. The Morgan fingerprint density at radius 1 is 0.833 bits per heavy atom. The highest BCUT2D eigenvalue weighted by molar-refractivity contribution is 5.94. The van der Waals surface area contributed by atoms with Gasteiger partial charge in [0, 0.05) is 76.4 Å². The van der Waals surface area contributed by atoms with Crippen LogP contribution in [0, 0.1) is 5.92 Å². The average Bonchev–Trinajstić information content (AvgIpc) is 3.37. The van der Waals surface area contributed by atoms with Gasteiger partial charge in [0.1, 0.15) is 0 Å². The number of benzene rings is 2. The molecule has 6 rings (SSSR count). The van der Waals surface area contributed by atoms with E-state index in [2.05, 4.69) is 51.0 Å². The summed E-state index contributed by atoms with van der Waals surface area (Å²) >= 11 is 0. The van der Waals surface area contributed by atoms with Crippen molar-refractivity contribution in [2.24, 2.45) is 5.92 Å². The molecule has 0 N–H and O–H groups in total. The molecule has 8 nitrogen and oxygen atoms in total. The van der Waals surface area contributed by atoms with E-state index < -0.39 is 0 Å². The normalized spacial score (nSPS) is 22.0. The highest BCUT2D eigenvalue weighted by Gasteiger charge is 2.37. The van der Waals surface area contributed by atoms with Crippen molar-refractivity contribution >= 4 is 23.5 Å². The number of piperidine rings is 1. The van der Waals surface area contributed by atoms with Crippen molar-refractivity contribution in [2.45, 2.75) is 71.1 Å². The number of fused-ring (bicyclic) bond motifs is 3. The Hall–Kier alpha value is -3.78. The predicted octanol–water partition coefficient (Wildman–Crippen LogP) is 5.15. The van der Waals surface area contributed by atoms with Gasteiger partial charge in [0.25, 0.3) is 5.91 Å². The molecular weight excluding hydrogens is 524 g/mol. The molecule has 8 heteroatoms. The molecule has 2 aromatic carbocycles. The number of amides is 2. The lowest BCUT2D eigenvalue weighted by Crippen LogP contribution is -2.45. The summed E-state index contributed by atoms with van der Waals surface area (Å²) in [6.07, 6.45) is 8.63. The van der Waals surface area contributed by atoms with Crippen molar-refractivity contribution in [2.75, 3.05) is 36.0 Å². The van der Waals surface area contributed by atoms with Crippen LogP contribution in [0.3, 0.4) is 0 Å². The van der Waals surface area contributed by atoms with Crippen LogP contribution in [0.2, 0.25) is 0 Å². The molecule has 0 saturated carbocycles. The Morgan fingerprint density at radius 2 is 1.52 bits per heavy atom. The van der Waals surface area contributed by atoms with Gasteiger partial charge >= 0.3 is 0 Å². The molecule has 1 aromatic heterocycles. The summed E-state index contributed by atoms with van der Waals surface area (Å²) in [5, 5.41) is 0. The second-order valence-electron chi connectivity index (χ2n) is 12.3. The van der Waals surface area contributed by atoms with Crippen LogP contribution in [0.4, 0.5) is 11.6 Å². The fraction of sp³-hybridized carbons (Fsp3) is 0.471. The molecule has 0 radical (unpaired) electrons. The maximum absolute atomic E-state index is 14.2. The molecule has 220 valence electrons. The van der Waals surface area contributed by atoms with Gasteiger partial charge in [0.15, 0.2) is 0 Å². The van der Waals surface area contributed by atoms with Crippen molar-refractivity contribution in [1.29, 1.82) is 0 Å². The number of carbonyl (C=O) groups is 2. The minimum atomic E-state index is -0.0691. The fourth-order valence-corrected chi connectivity index (χ4v) is 6.87. The predicted molar refractivity (Wildman–Crippen MR) is 165 cm³/mol. The van der Waals surface area contributed by atoms with Gasteiger partial charge in [-0.1, -0.05) is 55.5 Å². The van der Waals surface area contributed by atoms with E-state index in [1.54, 1.807) is 19.3 Å². The largest absolute Gasteiger partial charge is 0.341 e. The van der Waals surface area contributed by atoms with Crippen LogP contribution in [-0.4, -0.2) is 69.8 Å². The van der Waals surface area contributed by atoms with Gasteiger partial charge in [0.05, 0.1) is 5.56 Å². The Balaban J connectivity index is 1.31. The van der Waals surface area contributed by atoms with E-state index in [9.17, 15) is 9.59 Å². The standard InChI is InChI=1S/C34H42N6O2/c1-25-14-17-37(18-15-25)34-35-20-29(21-36-34)33(42)38-23-28-10-6-7-11-32(28)39(26(2)41)19-16-30-12-13-31(24-38)40(30)22-27-8-4-3-5-9-27/h3-11,20-21,25,30-31H,12-19,22-24H2,1-2H3/t30-,31+/m0/s1. The summed E-state index contributed by atoms with van der Waals surface area (Å²) in [6, 6.07) is 19.2. The maximum Gasteiger partial charge on any atom is 0.257 e. The summed E-state index contributed by atoms with van der Waals surface area (Å²) in [5.74, 6) is 1.39. The lowest BCUT2D eigenvalue weighted by atomic mass is 10.00. The Morgan fingerprint density at radius 3 is 2.26 bits per heavy atom. The topological polar surface area (TPSA) is 72.9 Å². The monoisotopic (exact) mass is 566 g/mol. The molecule has 2 fully saturated rings. The fourth-order valence-electron chi connectivity index (χ4n) is 6.87. The van der Waals surface area contributed by atoms with Crippen LogP contribution < -0.4 is 9.80 Å². The zero-order chi connectivity index (χ0) is 29.1. The van der Waals surface area contributed by atoms with Gasteiger partial charge in [-0.15, -0.1) is 0 Å². The number of para-hydroxylation sites is 1. The lowest BCUT2D eigenvalue weighted by molar-refractivity contribution is -0.116. The number of anilines is 2. The van der Waals surface area contributed by atoms with Crippen LogP contribution in [0.25, 0.3) is 0 Å². The molecule has 0 spiro atoms. The second kappa shape index (κ2) is 12.6. The highest BCUT2D eigenvalue weighted by atomic mass is 16.2. The lowest BCUT2D eigenvalue weighted by Gasteiger charge is -2.34. The zero-order valence-corrected chi connectivity index (χ0v) is 24.9. The van der Waals surface area contributed by atoms with Gasteiger partial charge in [-0.25, -0.2) is 9.97 Å². The molecule has 0 unspecified atom stereocenters. The number of hydrogen-bond acceptors (Lipinski definition) is 6.